The Morgan fingerprint density at radius 3 is 2.50 bits per heavy atom. The lowest BCUT2D eigenvalue weighted by molar-refractivity contribution is -0.131. The van der Waals surface area contributed by atoms with Gasteiger partial charge in [-0.2, -0.15) is 0 Å². The van der Waals surface area contributed by atoms with Crippen LogP contribution in [0, 0.1) is 0 Å². The summed E-state index contributed by atoms with van der Waals surface area (Å²) in [6.45, 7) is 6.24. The van der Waals surface area contributed by atoms with Gasteiger partial charge in [-0.05, 0) is 48.7 Å². The van der Waals surface area contributed by atoms with E-state index in [1.165, 1.54) is 16.7 Å². The van der Waals surface area contributed by atoms with Gasteiger partial charge in [0.1, 0.15) is 0 Å². The fourth-order valence-electron chi connectivity index (χ4n) is 4.54. The van der Waals surface area contributed by atoms with Crippen LogP contribution in [0.1, 0.15) is 36.5 Å². The van der Waals surface area contributed by atoms with Crippen LogP contribution >= 0.6 is 11.6 Å². The summed E-state index contributed by atoms with van der Waals surface area (Å²) in [5.41, 5.74) is 4.06. The third-order valence-corrected chi connectivity index (χ3v) is 6.42. The highest BCUT2D eigenvalue weighted by Crippen LogP contribution is 2.42. The average molecular weight is 369 g/mol. The molecule has 26 heavy (non-hydrogen) atoms. The second-order valence-electron chi connectivity index (χ2n) is 7.68. The van der Waals surface area contributed by atoms with Crippen molar-refractivity contribution >= 4 is 17.5 Å². The van der Waals surface area contributed by atoms with Gasteiger partial charge in [0.05, 0.1) is 0 Å². The van der Waals surface area contributed by atoms with Gasteiger partial charge in [0, 0.05) is 37.0 Å². The van der Waals surface area contributed by atoms with Crippen molar-refractivity contribution in [2.24, 2.45) is 0 Å². The van der Waals surface area contributed by atoms with E-state index >= 15 is 0 Å². The Kier molecular flexibility index (Phi) is 4.76. The van der Waals surface area contributed by atoms with Gasteiger partial charge in [-0.15, -0.1) is 0 Å². The number of likely N-dealkylation sites (tertiary alicyclic amines) is 1. The molecule has 1 spiro atoms. The third-order valence-electron chi connectivity index (χ3n) is 6.05. The fraction of sp³-hybridized carbons (Fsp3) is 0.409. The number of piperidine rings is 1. The molecule has 2 heterocycles. The van der Waals surface area contributed by atoms with E-state index in [4.69, 9.17) is 11.6 Å². The molecule has 136 valence electrons. The Bertz CT molecular complexity index is 811. The summed E-state index contributed by atoms with van der Waals surface area (Å²) in [4.78, 5) is 16.6. The smallest absolute Gasteiger partial charge is 0.219 e. The van der Waals surface area contributed by atoms with Gasteiger partial charge in [-0.25, -0.2) is 0 Å². The van der Waals surface area contributed by atoms with E-state index in [9.17, 15) is 4.79 Å². The summed E-state index contributed by atoms with van der Waals surface area (Å²) in [6.07, 6.45) is 2.16. The molecule has 2 aliphatic heterocycles. The van der Waals surface area contributed by atoms with E-state index in [0.29, 0.717) is 0 Å². The number of carbonyl (C=O) groups is 1. The fourth-order valence-corrected chi connectivity index (χ4v) is 4.74. The number of halogens is 1. The van der Waals surface area contributed by atoms with Crippen LogP contribution in [-0.2, 0) is 23.3 Å². The van der Waals surface area contributed by atoms with Crippen molar-refractivity contribution in [3.8, 4) is 0 Å². The van der Waals surface area contributed by atoms with Crippen molar-refractivity contribution in [3.05, 3.63) is 70.2 Å². The Morgan fingerprint density at radius 2 is 1.77 bits per heavy atom. The lowest BCUT2D eigenvalue weighted by Gasteiger charge is -2.48. The maximum Gasteiger partial charge on any atom is 0.219 e. The maximum atomic E-state index is 12.1. The molecule has 0 aromatic heterocycles. The van der Waals surface area contributed by atoms with Crippen LogP contribution in [0.3, 0.4) is 0 Å². The largest absolute Gasteiger partial charge is 0.338 e. The molecule has 3 nitrogen and oxygen atoms in total. The Hall–Kier alpha value is -1.84. The average Bonchev–Trinajstić information content (AvgIpc) is 2.65. The Balaban J connectivity index is 1.54. The lowest BCUT2D eigenvalue weighted by atomic mass is 9.69. The summed E-state index contributed by atoms with van der Waals surface area (Å²) in [6, 6.07) is 16.8. The van der Waals surface area contributed by atoms with Crippen molar-refractivity contribution in [3.63, 3.8) is 0 Å². The lowest BCUT2D eigenvalue weighted by Crippen LogP contribution is -2.52. The van der Waals surface area contributed by atoms with Gasteiger partial charge in [0.25, 0.3) is 0 Å². The van der Waals surface area contributed by atoms with Crippen LogP contribution in [-0.4, -0.2) is 35.3 Å². The van der Waals surface area contributed by atoms with Crippen molar-refractivity contribution in [2.45, 2.75) is 38.3 Å². The first-order valence-electron chi connectivity index (χ1n) is 9.37. The highest BCUT2D eigenvalue weighted by Gasteiger charge is 2.42. The van der Waals surface area contributed by atoms with Crippen LogP contribution in [0.2, 0.25) is 5.02 Å². The zero-order valence-corrected chi connectivity index (χ0v) is 16.0. The normalized spacial score (nSPS) is 19.4. The predicted molar refractivity (Wildman–Crippen MR) is 105 cm³/mol. The molecule has 0 saturated carbocycles. The molecule has 1 amide bonds. The third kappa shape index (κ3) is 3.26. The molecule has 0 atom stereocenters. The van der Waals surface area contributed by atoms with Gasteiger partial charge >= 0.3 is 0 Å². The number of amides is 1. The standard InChI is InChI=1S/C22H25ClN2O/c1-17(26)25-15-18-6-2-4-8-20(18)22(16-25)10-12-24(13-11-22)14-19-7-3-5-9-21(19)23/h2-9H,10-16H2,1H3. The van der Waals surface area contributed by atoms with E-state index in [0.717, 1.165) is 50.6 Å². The molecule has 0 bridgehead atoms. The number of benzene rings is 2. The van der Waals surface area contributed by atoms with Gasteiger partial charge < -0.3 is 4.90 Å². The van der Waals surface area contributed by atoms with E-state index in [-0.39, 0.29) is 11.3 Å². The van der Waals surface area contributed by atoms with Gasteiger partial charge in [-0.1, -0.05) is 54.1 Å². The van der Waals surface area contributed by atoms with Gasteiger partial charge in [0.15, 0.2) is 0 Å². The Labute approximate surface area is 160 Å². The van der Waals surface area contributed by atoms with Crippen molar-refractivity contribution in [2.75, 3.05) is 19.6 Å². The van der Waals surface area contributed by atoms with Crippen molar-refractivity contribution in [1.29, 1.82) is 0 Å². The van der Waals surface area contributed by atoms with Crippen molar-refractivity contribution in [1.82, 2.24) is 9.80 Å². The van der Waals surface area contributed by atoms with Crippen LogP contribution in [0.15, 0.2) is 48.5 Å². The molecule has 2 aromatic carbocycles. The minimum absolute atomic E-state index is 0.0947. The minimum Gasteiger partial charge on any atom is -0.338 e. The van der Waals surface area contributed by atoms with Gasteiger partial charge in [0.2, 0.25) is 5.91 Å². The van der Waals surface area contributed by atoms with Crippen LogP contribution < -0.4 is 0 Å². The molecule has 1 saturated heterocycles. The van der Waals surface area contributed by atoms with Crippen LogP contribution in [0.25, 0.3) is 0 Å². The molecule has 1 fully saturated rings. The molecule has 4 rings (SSSR count). The van der Waals surface area contributed by atoms with Crippen molar-refractivity contribution < 1.29 is 4.79 Å². The maximum absolute atomic E-state index is 12.1. The van der Waals surface area contributed by atoms with E-state index < -0.39 is 0 Å². The van der Waals surface area contributed by atoms with E-state index in [2.05, 4.69) is 41.3 Å². The second-order valence-corrected chi connectivity index (χ2v) is 8.09. The highest BCUT2D eigenvalue weighted by atomic mass is 35.5. The summed E-state index contributed by atoms with van der Waals surface area (Å²) < 4.78 is 0. The first-order chi connectivity index (χ1) is 12.6. The molecule has 4 heteroatoms. The first kappa shape index (κ1) is 17.6. The second kappa shape index (κ2) is 7.05. The minimum atomic E-state index is 0.0947. The zero-order valence-electron chi connectivity index (χ0n) is 15.2. The number of rotatable bonds is 2. The monoisotopic (exact) mass is 368 g/mol. The summed E-state index contributed by atoms with van der Waals surface area (Å²) in [5, 5.41) is 0.846. The quantitative estimate of drug-likeness (QED) is 0.791. The number of fused-ring (bicyclic) bond motifs is 2. The molecule has 0 N–H and O–H groups in total. The Morgan fingerprint density at radius 1 is 1.08 bits per heavy atom. The summed E-state index contributed by atoms with van der Waals surface area (Å²) in [5.74, 6) is 0.178. The molecule has 0 unspecified atom stereocenters. The zero-order chi connectivity index (χ0) is 18.1. The molecule has 2 aromatic rings. The molecule has 0 aliphatic carbocycles. The molecule has 2 aliphatic rings. The number of carbonyl (C=O) groups excluding carboxylic acids is 1. The van der Waals surface area contributed by atoms with Crippen LogP contribution in [0.4, 0.5) is 0 Å². The number of hydrogen-bond donors (Lipinski definition) is 0. The topological polar surface area (TPSA) is 23.6 Å². The molecular weight excluding hydrogens is 344 g/mol. The predicted octanol–water partition coefficient (Wildman–Crippen LogP) is 4.24. The van der Waals surface area contributed by atoms with Crippen LogP contribution in [0.5, 0.6) is 0 Å². The summed E-state index contributed by atoms with van der Waals surface area (Å²) in [7, 11) is 0. The molecular formula is C22H25ClN2O. The number of hydrogen-bond acceptors (Lipinski definition) is 2. The van der Waals surface area contributed by atoms with E-state index in [1.807, 2.05) is 17.0 Å². The SMILES string of the molecule is CC(=O)N1Cc2ccccc2C2(CCN(Cc3ccccc3Cl)CC2)C1. The highest BCUT2D eigenvalue weighted by molar-refractivity contribution is 6.31. The van der Waals surface area contributed by atoms with E-state index in [1.54, 1.807) is 6.92 Å². The molecule has 0 radical (unpaired) electrons. The van der Waals surface area contributed by atoms with Gasteiger partial charge in [-0.3, -0.25) is 9.69 Å². The summed E-state index contributed by atoms with van der Waals surface area (Å²) >= 11 is 6.34. The first-order valence-corrected chi connectivity index (χ1v) is 9.75. The number of nitrogens with zero attached hydrogens (tertiary/aromatic N) is 2.